The molecule has 524 valence electrons. The summed E-state index contributed by atoms with van der Waals surface area (Å²) in [5.74, 6) is -6.23. The third-order valence-corrected chi connectivity index (χ3v) is 17.7. The third kappa shape index (κ3) is 17.4. The molecule has 14 N–H and O–H groups in total. The van der Waals surface area contributed by atoms with Crippen LogP contribution in [0.1, 0.15) is 77.3 Å². The molecule has 0 spiro atoms. The first kappa shape index (κ1) is 72.8. The van der Waals surface area contributed by atoms with Crippen molar-refractivity contribution in [1.82, 2.24) is 21.3 Å². The molecule has 32 nitrogen and oxygen atoms in total. The van der Waals surface area contributed by atoms with Gasteiger partial charge in [0.15, 0.2) is 25.0 Å². The van der Waals surface area contributed by atoms with Gasteiger partial charge in [-0.05, 0) is 63.3 Å². The van der Waals surface area contributed by atoms with Gasteiger partial charge in [0.05, 0.1) is 68.0 Å². The number of aliphatic hydroxyl groups is 9. The Balaban J connectivity index is 0.919. The first-order valence-electron chi connectivity index (χ1n) is 31.5. The van der Waals surface area contributed by atoms with Gasteiger partial charge in [0.2, 0.25) is 23.6 Å². The largest absolute Gasteiger partial charge is 0.479 e. The molecule has 2 aliphatic carbocycles. The Kier molecular flexibility index (Phi) is 25.0. The second kappa shape index (κ2) is 32.7. The summed E-state index contributed by atoms with van der Waals surface area (Å²) in [4.78, 5) is 93.1. The van der Waals surface area contributed by atoms with E-state index in [0.717, 1.165) is 6.92 Å². The van der Waals surface area contributed by atoms with Gasteiger partial charge in [-0.3, -0.25) is 19.2 Å². The van der Waals surface area contributed by atoms with Crippen LogP contribution in [0.25, 0.3) is 21.9 Å². The average Bonchev–Trinajstić information content (AvgIpc) is 0.790. The number of hydrogen-bond donors (Lipinski definition) is 14. The fraction of sp³-hybridized carbons (Fsp3) is 0.635. The van der Waals surface area contributed by atoms with E-state index in [1.807, 2.05) is 0 Å². The van der Waals surface area contributed by atoms with Crippen LogP contribution in [-0.2, 0) is 79.8 Å². The highest BCUT2D eigenvalue weighted by Crippen LogP contribution is 2.38. The van der Waals surface area contributed by atoms with Crippen LogP contribution < -0.4 is 32.5 Å². The second-order valence-corrected chi connectivity index (χ2v) is 24.5. The molecule has 5 aliphatic rings. The molecule has 4 aromatic rings. The predicted octanol–water partition coefficient (Wildman–Crippen LogP) is -3.07. The van der Waals surface area contributed by atoms with Gasteiger partial charge in [0.1, 0.15) is 90.5 Å². The molecule has 95 heavy (non-hydrogen) atoms. The number of ether oxygens (including phenoxy) is 9. The zero-order valence-corrected chi connectivity index (χ0v) is 52.4. The smallest absolute Gasteiger partial charge is 0.341 e. The van der Waals surface area contributed by atoms with E-state index in [1.165, 1.54) is 19.9 Å². The number of benzene rings is 2. The fourth-order valence-electron chi connectivity index (χ4n) is 12.7. The predicted molar refractivity (Wildman–Crippen MR) is 322 cm³/mol. The number of para-hydroxylation sites is 2. The first-order chi connectivity index (χ1) is 45.4. The number of fused-ring (bicyclic) bond motifs is 2. The maximum atomic E-state index is 14.5. The van der Waals surface area contributed by atoms with Crippen LogP contribution >= 0.6 is 0 Å². The van der Waals surface area contributed by atoms with Crippen molar-refractivity contribution in [1.29, 1.82) is 0 Å². The van der Waals surface area contributed by atoms with E-state index in [1.54, 1.807) is 61.5 Å². The summed E-state index contributed by atoms with van der Waals surface area (Å²) in [7, 11) is 0. The van der Waals surface area contributed by atoms with Crippen molar-refractivity contribution in [3.05, 3.63) is 92.6 Å². The molecule has 32 heteroatoms. The quantitative estimate of drug-likeness (QED) is 0.0219. The van der Waals surface area contributed by atoms with E-state index in [-0.39, 0.29) is 56.3 Å². The topological polar surface area (TPSA) is 479 Å². The summed E-state index contributed by atoms with van der Waals surface area (Å²) in [6.07, 6.45) is -32.3. The highest BCUT2D eigenvalue weighted by atomic mass is 16.7. The lowest BCUT2D eigenvalue weighted by molar-refractivity contribution is -0.335. The number of rotatable bonds is 26. The summed E-state index contributed by atoms with van der Waals surface area (Å²) < 4.78 is 65.7. The number of aliphatic carboxylic acids is 1. The van der Waals surface area contributed by atoms with Crippen molar-refractivity contribution in [3.8, 4) is 0 Å². The lowest BCUT2D eigenvalue weighted by Crippen LogP contribution is -2.68. The van der Waals surface area contributed by atoms with Gasteiger partial charge in [-0.15, -0.1) is 0 Å². The van der Waals surface area contributed by atoms with E-state index < -0.39 is 214 Å². The molecule has 2 aromatic heterocycles. The number of amides is 4. The molecule has 24 atom stereocenters. The second-order valence-electron chi connectivity index (χ2n) is 24.5. The van der Waals surface area contributed by atoms with Crippen LogP contribution in [0.4, 0.5) is 0 Å². The Morgan fingerprint density at radius 3 is 1.65 bits per heavy atom. The third-order valence-electron chi connectivity index (χ3n) is 17.7. The molecule has 2 saturated carbocycles. The van der Waals surface area contributed by atoms with E-state index in [2.05, 4.69) is 21.3 Å². The van der Waals surface area contributed by atoms with Gasteiger partial charge >= 0.3 is 17.2 Å². The highest BCUT2D eigenvalue weighted by molar-refractivity contribution is 5.81. The molecular weight excluding hydrogens is 1260 g/mol. The summed E-state index contributed by atoms with van der Waals surface area (Å²) in [5.41, 5.74) is -0.763. The van der Waals surface area contributed by atoms with Crippen molar-refractivity contribution < 1.29 is 127 Å². The Hall–Kier alpha value is -6.51. The Bertz CT molecular complexity index is 3390. The zero-order valence-electron chi connectivity index (χ0n) is 52.4. The van der Waals surface area contributed by atoms with Crippen LogP contribution in [0.3, 0.4) is 0 Å². The molecular formula is C63H84N4O28. The summed E-state index contributed by atoms with van der Waals surface area (Å²) in [6.45, 7) is 2.33. The van der Waals surface area contributed by atoms with E-state index in [4.69, 9.17) is 51.5 Å². The Labute approximate surface area is 542 Å². The number of aliphatic hydroxyl groups excluding tert-OH is 9. The Morgan fingerprint density at radius 1 is 0.568 bits per heavy atom. The molecule has 3 aliphatic heterocycles. The molecule has 5 heterocycles. The minimum absolute atomic E-state index is 0.0350. The molecule has 5 fully saturated rings. The van der Waals surface area contributed by atoms with Gasteiger partial charge in [0.25, 0.3) is 0 Å². The molecule has 4 amide bonds. The van der Waals surface area contributed by atoms with E-state index >= 15 is 0 Å². The molecule has 0 radical (unpaired) electrons. The fourth-order valence-corrected chi connectivity index (χ4v) is 12.7. The summed E-state index contributed by atoms with van der Waals surface area (Å²) >= 11 is 0. The van der Waals surface area contributed by atoms with Crippen LogP contribution in [0.15, 0.2) is 79.1 Å². The summed E-state index contributed by atoms with van der Waals surface area (Å²) in [6, 6.07) is 13.8. The SMILES string of the molecule is CCC[C@H](OC1C(NC(C)=O)[C@H](O[C@@H]2CC(C(=O)NCCNC(=O)C3CC(OCc4cc5ccccc5oc4=O)C(O)[C@H](O[C@@H]4OC(CO)[C@H](O)C(OCc5cc6ccccc6oc5=O)C4O)C3)CC(NC(C)=O)C2O[C@@H]2OC(C)[C@@H](O)C(O)C2O)OC(CO)[C@@H]1O)C(=O)O. The van der Waals surface area contributed by atoms with E-state index in [9.17, 15) is 84.6 Å². The molecule has 2 aromatic carbocycles. The number of carboxylic acid groups (broad SMARTS) is 1. The molecule has 3 saturated heterocycles. The zero-order chi connectivity index (χ0) is 68.5. The van der Waals surface area contributed by atoms with E-state index in [0.29, 0.717) is 28.4 Å². The van der Waals surface area contributed by atoms with Crippen LogP contribution in [0.2, 0.25) is 0 Å². The lowest BCUT2D eigenvalue weighted by atomic mass is 9.80. The Morgan fingerprint density at radius 2 is 1.08 bits per heavy atom. The summed E-state index contributed by atoms with van der Waals surface area (Å²) in [5, 5.41) is 122. The van der Waals surface area contributed by atoms with Crippen LogP contribution in [-0.4, -0.2) is 242 Å². The molecule has 0 bridgehead atoms. The maximum Gasteiger partial charge on any atom is 0.341 e. The number of carboxylic acids is 1. The van der Waals surface area contributed by atoms with Crippen molar-refractivity contribution in [2.75, 3.05) is 26.3 Å². The average molecular weight is 1350 g/mol. The monoisotopic (exact) mass is 1340 g/mol. The van der Waals surface area contributed by atoms with Crippen molar-refractivity contribution in [3.63, 3.8) is 0 Å². The number of carbonyl (C=O) groups is 5. The lowest BCUT2D eigenvalue weighted by Gasteiger charge is -2.49. The van der Waals surface area contributed by atoms with Gasteiger partial charge in [0, 0.05) is 49.5 Å². The number of nitrogens with one attached hydrogen (secondary N) is 4. The van der Waals surface area contributed by atoms with Gasteiger partial charge in [-0.25, -0.2) is 14.4 Å². The number of carbonyl (C=O) groups excluding carboxylic acids is 4. The minimum Gasteiger partial charge on any atom is -0.479 e. The number of hydrogen-bond acceptors (Lipinski definition) is 27. The van der Waals surface area contributed by atoms with Gasteiger partial charge in [-0.1, -0.05) is 49.7 Å². The highest BCUT2D eigenvalue weighted by Gasteiger charge is 2.54. The van der Waals surface area contributed by atoms with Crippen molar-refractivity contribution >= 4 is 51.5 Å². The van der Waals surface area contributed by atoms with Gasteiger partial charge in [-0.2, -0.15) is 0 Å². The van der Waals surface area contributed by atoms with Crippen LogP contribution in [0, 0.1) is 11.8 Å². The van der Waals surface area contributed by atoms with Crippen molar-refractivity contribution in [2.45, 2.75) is 214 Å². The van der Waals surface area contributed by atoms with Crippen LogP contribution in [0.5, 0.6) is 0 Å². The normalized spacial score (nSPS) is 34.6. The van der Waals surface area contributed by atoms with Crippen molar-refractivity contribution in [2.24, 2.45) is 11.8 Å². The maximum absolute atomic E-state index is 14.5. The molecule has 15 unspecified atom stereocenters. The minimum atomic E-state index is -1.89. The van der Waals surface area contributed by atoms with Gasteiger partial charge < -0.3 is 124 Å². The standard InChI is InChI=1S/C63H84N4O28/c1-5-10-39(58(81)82)88-54-45(67-29(4)71)61(93-43(23-68)48(54)74)92-42-22-32(19-36(66-28(3)70)53(42)95-62-51(77)50(76)46(72)27(2)87-62)56(79)64-15-16-65-57(80)33-20-40(85-25-34-17-30-11-6-8-13-37(30)89-59(34)83)47(73)41(21-33)91-63-52(78)55(49(75)44(24-69)94-63)86-26-35-18-31-12-7-9-14-38(31)90-60(35)84/h6-9,11-14,17-18,27,32-33,36,39-55,61-63,68-69,72-78H,5,10,15-16,19-26H2,1-4H3,(H,64,79)(H,65,80)(H,66,70)(H,67,71)(H,81,82)/t27?,32?,33?,36?,39-,40?,41+,42+,43?,44?,45?,46+,47?,48-,49-,50?,51?,52?,53?,54?,55?,61+,62-,63+/m0/s1. The molecule has 9 rings (SSSR count). The first-order valence-corrected chi connectivity index (χ1v) is 31.5.